The molecule has 0 amide bonds. The van der Waals surface area contributed by atoms with Crippen LogP contribution in [0.5, 0.6) is 0 Å². The molecule has 0 unspecified atom stereocenters. The molecule has 0 bridgehead atoms. The van der Waals surface area contributed by atoms with E-state index in [0.29, 0.717) is 11.4 Å². The summed E-state index contributed by atoms with van der Waals surface area (Å²) < 4.78 is 27.6. The lowest BCUT2D eigenvalue weighted by Gasteiger charge is -2.25. The van der Waals surface area contributed by atoms with Crippen molar-refractivity contribution in [1.82, 2.24) is 9.29 Å². The Bertz CT molecular complexity index is 788. The summed E-state index contributed by atoms with van der Waals surface area (Å²) in [5, 5.41) is 3.06. The van der Waals surface area contributed by atoms with Crippen molar-refractivity contribution in [1.29, 1.82) is 0 Å². The summed E-state index contributed by atoms with van der Waals surface area (Å²) in [4.78, 5) is 4.66. The highest BCUT2D eigenvalue weighted by molar-refractivity contribution is 7.89. The van der Waals surface area contributed by atoms with Crippen molar-refractivity contribution in [2.75, 3.05) is 18.9 Å². The maximum Gasteiger partial charge on any atom is 0.243 e. The van der Waals surface area contributed by atoms with Crippen molar-refractivity contribution in [2.45, 2.75) is 30.7 Å². The molecule has 3 rings (SSSR count). The Morgan fingerprint density at radius 1 is 1.22 bits per heavy atom. The Morgan fingerprint density at radius 3 is 2.65 bits per heavy atom. The van der Waals surface area contributed by atoms with Crippen LogP contribution in [0.3, 0.4) is 0 Å². The average molecular weight is 331 g/mol. The van der Waals surface area contributed by atoms with E-state index in [4.69, 9.17) is 0 Å². The highest BCUT2D eigenvalue weighted by atomic mass is 32.2. The van der Waals surface area contributed by atoms with Gasteiger partial charge >= 0.3 is 0 Å². The molecule has 1 N–H and O–H groups in total. The molecule has 6 heteroatoms. The molecule has 2 heterocycles. The molecule has 5 nitrogen and oxygen atoms in total. The van der Waals surface area contributed by atoms with Crippen LogP contribution in [0.1, 0.15) is 30.0 Å². The highest BCUT2D eigenvalue weighted by Crippen LogP contribution is 2.38. The van der Waals surface area contributed by atoms with E-state index < -0.39 is 10.0 Å². The Morgan fingerprint density at radius 2 is 1.96 bits per heavy atom. The first kappa shape index (κ1) is 16.0. The molecule has 1 aromatic carbocycles. The van der Waals surface area contributed by atoms with Gasteiger partial charge in [0, 0.05) is 25.4 Å². The molecular formula is C17H21N3O2S. The molecule has 0 spiro atoms. The fraction of sp³-hybridized carbons (Fsp3) is 0.353. The van der Waals surface area contributed by atoms with Crippen molar-refractivity contribution in [3.63, 3.8) is 0 Å². The quantitative estimate of drug-likeness (QED) is 0.935. The predicted octanol–water partition coefficient (Wildman–Crippen LogP) is 2.96. The summed E-state index contributed by atoms with van der Waals surface area (Å²) in [5.41, 5.74) is 1.98. The molecule has 0 radical (unpaired) electrons. The van der Waals surface area contributed by atoms with Crippen molar-refractivity contribution in [3.8, 4) is 0 Å². The number of nitrogens with one attached hydrogen (secondary N) is 1. The molecular weight excluding hydrogens is 310 g/mol. The van der Waals surface area contributed by atoms with E-state index in [-0.39, 0.29) is 6.04 Å². The summed E-state index contributed by atoms with van der Waals surface area (Å²) in [6.45, 7) is 2.49. The largest absolute Gasteiger partial charge is 0.373 e. The first-order valence-corrected chi connectivity index (χ1v) is 9.19. The van der Waals surface area contributed by atoms with Crippen LogP contribution < -0.4 is 5.32 Å². The molecule has 23 heavy (non-hydrogen) atoms. The Kier molecular flexibility index (Phi) is 4.37. The molecule has 1 atom stereocenters. The lowest BCUT2D eigenvalue weighted by Crippen LogP contribution is -2.31. The van der Waals surface area contributed by atoms with Gasteiger partial charge in [0.1, 0.15) is 5.82 Å². The smallest absolute Gasteiger partial charge is 0.243 e. The van der Waals surface area contributed by atoms with Crippen molar-refractivity contribution in [3.05, 3.63) is 53.7 Å². The zero-order chi connectivity index (χ0) is 16.4. The SMILES string of the molecule is CNc1ncccc1[C@@H]1CCCN1S(=O)(=O)c1ccc(C)cc1. The number of nitrogens with zero attached hydrogens (tertiary/aromatic N) is 2. The van der Waals surface area contributed by atoms with Crippen LogP contribution in [0, 0.1) is 6.92 Å². The predicted molar refractivity (Wildman–Crippen MR) is 90.8 cm³/mol. The van der Waals surface area contributed by atoms with Crippen molar-refractivity contribution >= 4 is 15.8 Å². The Balaban J connectivity index is 1.99. The normalized spacial score (nSPS) is 19.0. The molecule has 0 aliphatic carbocycles. The lowest BCUT2D eigenvalue weighted by atomic mass is 10.1. The molecule has 0 saturated carbocycles. The van der Waals surface area contributed by atoms with Crippen molar-refractivity contribution < 1.29 is 8.42 Å². The van der Waals surface area contributed by atoms with E-state index in [9.17, 15) is 8.42 Å². The number of anilines is 1. The van der Waals surface area contributed by atoms with Crippen LogP contribution in [-0.2, 0) is 10.0 Å². The topological polar surface area (TPSA) is 62.3 Å². The summed E-state index contributed by atoms with van der Waals surface area (Å²) in [6, 6.07) is 10.7. The second kappa shape index (κ2) is 6.29. The van der Waals surface area contributed by atoms with Gasteiger partial charge in [0.2, 0.25) is 10.0 Å². The zero-order valence-corrected chi connectivity index (χ0v) is 14.2. The second-order valence-corrected chi connectivity index (χ2v) is 7.67. The maximum absolute atomic E-state index is 13.0. The van der Waals surface area contributed by atoms with Gasteiger partial charge in [0.15, 0.2) is 0 Å². The molecule has 1 aliphatic heterocycles. The lowest BCUT2D eigenvalue weighted by molar-refractivity contribution is 0.397. The molecule has 1 fully saturated rings. The third-order valence-corrected chi connectivity index (χ3v) is 6.19. The second-order valence-electron chi connectivity index (χ2n) is 5.78. The number of rotatable bonds is 4. The van der Waals surface area contributed by atoms with Crippen LogP contribution in [0.4, 0.5) is 5.82 Å². The summed E-state index contributed by atoms with van der Waals surface area (Å²) >= 11 is 0. The molecule has 122 valence electrons. The number of aryl methyl sites for hydroxylation is 1. The number of sulfonamides is 1. The average Bonchev–Trinajstić information content (AvgIpc) is 3.05. The Hall–Kier alpha value is -1.92. The van der Waals surface area contributed by atoms with Crippen LogP contribution in [0.2, 0.25) is 0 Å². The minimum absolute atomic E-state index is 0.169. The molecule has 2 aromatic rings. The van der Waals surface area contributed by atoms with Gasteiger partial charge in [-0.1, -0.05) is 23.8 Å². The minimum atomic E-state index is -3.50. The fourth-order valence-electron chi connectivity index (χ4n) is 3.08. The maximum atomic E-state index is 13.0. The Labute approximate surface area is 137 Å². The van der Waals surface area contributed by atoms with Gasteiger partial charge in [-0.3, -0.25) is 0 Å². The van der Waals surface area contributed by atoms with Crippen LogP contribution in [0.15, 0.2) is 47.5 Å². The van der Waals surface area contributed by atoms with Gasteiger partial charge < -0.3 is 5.32 Å². The van der Waals surface area contributed by atoms with Gasteiger partial charge in [-0.2, -0.15) is 4.31 Å². The number of benzene rings is 1. The number of aromatic nitrogens is 1. The van der Waals surface area contributed by atoms with Gasteiger partial charge in [-0.05, 0) is 38.0 Å². The first-order valence-electron chi connectivity index (χ1n) is 7.75. The van der Waals surface area contributed by atoms with Gasteiger partial charge in [0.25, 0.3) is 0 Å². The van der Waals surface area contributed by atoms with Crippen molar-refractivity contribution in [2.24, 2.45) is 0 Å². The van der Waals surface area contributed by atoms with E-state index in [0.717, 1.165) is 29.8 Å². The third-order valence-electron chi connectivity index (χ3n) is 4.27. The monoisotopic (exact) mass is 331 g/mol. The zero-order valence-electron chi connectivity index (χ0n) is 13.4. The van der Waals surface area contributed by atoms with Crippen LogP contribution in [0.25, 0.3) is 0 Å². The van der Waals surface area contributed by atoms with E-state index >= 15 is 0 Å². The summed E-state index contributed by atoms with van der Waals surface area (Å²) in [5.74, 6) is 0.739. The van der Waals surface area contributed by atoms with Gasteiger partial charge in [-0.15, -0.1) is 0 Å². The van der Waals surface area contributed by atoms with E-state index in [1.54, 1.807) is 29.7 Å². The van der Waals surface area contributed by atoms with E-state index in [1.165, 1.54) is 0 Å². The summed E-state index contributed by atoms with van der Waals surface area (Å²) in [7, 11) is -1.69. The van der Waals surface area contributed by atoms with Crippen LogP contribution >= 0.6 is 0 Å². The number of hydrogen-bond donors (Lipinski definition) is 1. The van der Waals surface area contributed by atoms with E-state index in [1.807, 2.05) is 31.2 Å². The number of pyridine rings is 1. The minimum Gasteiger partial charge on any atom is -0.373 e. The highest BCUT2D eigenvalue weighted by Gasteiger charge is 2.37. The first-order chi connectivity index (χ1) is 11.0. The molecule has 1 saturated heterocycles. The fourth-order valence-corrected chi connectivity index (χ4v) is 4.75. The molecule has 1 aromatic heterocycles. The molecule has 1 aliphatic rings. The van der Waals surface area contributed by atoms with E-state index in [2.05, 4.69) is 10.3 Å². The summed E-state index contributed by atoms with van der Waals surface area (Å²) in [6.07, 6.45) is 3.38. The van der Waals surface area contributed by atoms with Crippen LogP contribution in [-0.4, -0.2) is 31.3 Å². The van der Waals surface area contributed by atoms with Gasteiger partial charge in [-0.25, -0.2) is 13.4 Å². The standard InChI is InChI=1S/C17H21N3O2S/c1-13-7-9-14(10-8-13)23(21,22)20-12-4-6-16(20)15-5-3-11-19-17(15)18-2/h3,5,7-11,16H,4,6,12H2,1-2H3,(H,18,19)/t16-/m0/s1. The number of hydrogen-bond acceptors (Lipinski definition) is 4. The van der Waals surface area contributed by atoms with Gasteiger partial charge in [0.05, 0.1) is 10.9 Å². The third kappa shape index (κ3) is 2.96.